The molecule has 2 aliphatic rings. The Labute approximate surface area is 191 Å². The zero-order valence-corrected chi connectivity index (χ0v) is 19.2. The number of aryl methyl sites for hydroxylation is 2. The van der Waals surface area contributed by atoms with Crippen LogP contribution in [-0.2, 0) is 42.1 Å². The highest BCUT2D eigenvalue weighted by molar-refractivity contribution is 7.91. The highest BCUT2D eigenvalue weighted by atomic mass is 32.2. The van der Waals surface area contributed by atoms with E-state index in [1.165, 1.54) is 30.3 Å². The molecule has 0 saturated heterocycles. The van der Waals surface area contributed by atoms with Crippen LogP contribution in [0.2, 0.25) is 0 Å². The maximum Gasteiger partial charge on any atom is 0.401 e. The largest absolute Gasteiger partial charge is 0.401 e. The van der Waals surface area contributed by atoms with E-state index >= 15 is 0 Å². The number of nitrogens with zero attached hydrogens (tertiary/aromatic N) is 2. The Bertz CT molecular complexity index is 1150. The van der Waals surface area contributed by atoms with Crippen molar-refractivity contribution in [1.29, 1.82) is 0 Å². The number of carbonyl (C=O) groups excluding carboxylic acids is 1. The Morgan fingerprint density at radius 3 is 2.21 bits per heavy atom. The third-order valence-electron chi connectivity index (χ3n) is 6.09. The van der Waals surface area contributed by atoms with Gasteiger partial charge in [-0.15, -0.1) is 4.36 Å². The predicted octanol–water partition coefficient (Wildman–Crippen LogP) is 4.59. The third kappa shape index (κ3) is 5.56. The van der Waals surface area contributed by atoms with Gasteiger partial charge < -0.3 is 5.32 Å². The van der Waals surface area contributed by atoms with Crippen molar-refractivity contribution in [2.24, 2.45) is 9.50 Å². The van der Waals surface area contributed by atoms with Gasteiger partial charge in [-0.25, -0.2) is 14.1 Å². The fourth-order valence-corrected chi connectivity index (χ4v) is 5.66. The lowest BCUT2D eigenvalue weighted by atomic mass is 9.99. The van der Waals surface area contributed by atoms with E-state index in [2.05, 4.69) is 15.7 Å². The molecule has 0 aliphatic heterocycles. The van der Waals surface area contributed by atoms with Gasteiger partial charge in [0, 0.05) is 12.2 Å². The van der Waals surface area contributed by atoms with E-state index in [-0.39, 0.29) is 11.4 Å². The number of carbonyl (C=O) groups is 1. The molecule has 33 heavy (non-hydrogen) atoms. The van der Waals surface area contributed by atoms with Crippen molar-refractivity contribution in [2.45, 2.75) is 56.1 Å². The van der Waals surface area contributed by atoms with Gasteiger partial charge in [0.25, 0.3) is 0 Å². The van der Waals surface area contributed by atoms with Gasteiger partial charge in [0.1, 0.15) is 9.92 Å². The normalized spacial score (nSPS) is 16.9. The second-order valence-electron chi connectivity index (χ2n) is 8.76. The molecule has 2 aliphatic carbocycles. The molecule has 178 valence electrons. The summed E-state index contributed by atoms with van der Waals surface area (Å²) >= 11 is 0. The maximum absolute atomic E-state index is 13.0. The van der Waals surface area contributed by atoms with Crippen LogP contribution in [0.1, 0.15) is 40.7 Å². The fourth-order valence-electron chi connectivity index (χ4n) is 4.74. The molecule has 0 fully saturated rings. The number of fused-ring (bicyclic) bond motifs is 2. The lowest BCUT2D eigenvalue weighted by molar-refractivity contribution is -0.144. The zero-order chi connectivity index (χ0) is 23.8. The van der Waals surface area contributed by atoms with Crippen LogP contribution in [0.3, 0.4) is 0 Å². The van der Waals surface area contributed by atoms with E-state index in [0.717, 1.165) is 60.2 Å². The maximum atomic E-state index is 13.0. The van der Waals surface area contributed by atoms with Crippen molar-refractivity contribution in [3.8, 4) is 0 Å². The molecule has 10 heteroatoms. The van der Waals surface area contributed by atoms with Crippen molar-refractivity contribution in [3.05, 3.63) is 58.1 Å². The first-order valence-electron chi connectivity index (χ1n) is 10.9. The van der Waals surface area contributed by atoms with Gasteiger partial charge in [-0.1, -0.05) is 18.2 Å². The number of nitrogens with one attached hydrogen (secondary N) is 1. The lowest BCUT2D eigenvalue weighted by Crippen LogP contribution is -2.30. The molecule has 1 unspecified atom stereocenters. The number of rotatable bonds is 5. The molecule has 0 aromatic heterocycles. The van der Waals surface area contributed by atoms with E-state index in [9.17, 15) is 22.2 Å². The average molecular weight is 481 g/mol. The molecule has 6 nitrogen and oxygen atoms in total. The zero-order valence-electron chi connectivity index (χ0n) is 18.4. The predicted molar refractivity (Wildman–Crippen MR) is 121 cm³/mol. The number of benzene rings is 2. The number of alkyl halides is 3. The number of halogens is 3. The topological polar surface area (TPSA) is 87.8 Å². The molecule has 0 heterocycles. The van der Waals surface area contributed by atoms with Crippen LogP contribution in [0.15, 0.2) is 39.6 Å². The number of anilines is 1. The standard InChI is InChI=1S/C23H27F3N4O2S/c1-30(14-23(24,25)26)13-15-8-10-18(11-9-15)33(27,32)29-22(31)28-21-19-6-2-4-16(19)12-17-5-3-7-20(17)21/h8-12H,2-7,13-14H2,1H3,(H3,27,28,29,31,32). The van der Waals surface area contributed by atoms with E-state index in [0.29, 0.717) is 5.56 Å². The second kappa shape index (κ2) is 9.08. The van der Waals surface area contributed by atoms with Gasteiger partial charge in [0.15, 0.2) is 0 Å². The van der Waals surface area contributed by atoms with Gasteiger partial charge in [0.05, 0.1) is 11.4 Å². The quantitative estimate of drug-likeness (QED) is 0.656. The highest BCUT2D eigenvalue weighted by Gasteiger charge is 2.29. The smallest absolute Gasteiger partial charge is 0.305 e. The van der Waals surface area contributed by atoms with Crippen molar-refractivity contribution >= 4 is 21.6 Å². The van der Waals surface area contributed by atoms with Crippen LogP contribution in [0.5, 0.6) is 0 Å². The average Bonchev–Trinajstić information content (AvgIpc) is 3.35. The number of urea groups is 1. The second-order valence-corrected chi connectivity index (χ2v) is 10.5. The first-order valence-corrected chi connectivity index (χ1v) is 12.5. The summed E-state index contributed by atoms with van der Waals surface area (Å²) < 4.78 is 54.2. The lowest BCUT2D eigenvalue weighted by Gasteiger charge is -2.18. The Morgan fingerprint density at radius 1 is 1.09 bits per heavy atom. The summed E-state index contributed by atoms with van der Waals surface area (Å²) in [6.07, 6.45) is 1.54. The molecule has 3 N–H and O–H groups in total. The molecule has 4 rings (SSSR count). The molecule has 2 aromatic carbocycles. The monoisotopic (exact) mass is 480 g/mol. The molecule has 2 aromatic rings. The molecule has 2 amide bonds. The van der Waals surface area contributed by atoms with Crippen LogP contribution >= 0.6 is 0 Å². The first kappa shape index (κ1) is 23.7. The molecular formula is C23H27F3N4O2S. The highest BCUT2D eigenvalue weighted by Crippen LogP contribution is 2.38. The summed E-state index contributed by atoms with van der Waals surface area (Å²) in [5.74, 6) is 0. The summed E-state index contributed by atoms with van der Waals surface area (Å²) in [4.78, 5) is 14.0. The van der Waals surface area contributed by atoms with Gasteiger partial charge in [-0.3, -0.25) is 4.90 Å². The van der Waals surface area contributed by atoms with Crippen LogP contribution < -0.4 is 10.5 Å². The molecule has 0 saturated carbocycles. The van der Waals surface area contributed by atoms with Crippen molar-refractivity contribution in [3.63, 3.8) is 0 Å². The number of hydrogen-bond acceptors (Lipinski definition) is 3. The van der Waals surface area contributed by atoms with Crippen LogP contribution in [0, 0.1) is 0 Å². The fraction of sp³-hybridized carbons (Fsp3) is 0.435. The minimum atomic E-state index is -4.29. The minimum Gasteiger partial charge on any atom is -0.305 e. The van der Waals surface area contributed by atoms with Crippen LogP contribution in [-0.4, -0.2) is 34.9 Å². The third-order valence-corrected chi connectivity index (χ3v) is 7.47. The van der Waals surface area contributed by atoms with Crippen molar-refractivity contribution < 1.29 is 22.2 Å². The molecule has 0 bridgehead atoms. The summed E-state index contributed by atoms with van der Waals surface area (Å²) in [5, 5.41) is 8.74. The minimum absolute atomic E-state index is 0.0629. The number of amides is 2. The van der Waals surface area contributed by atoms with Gasteiger partial charge in [-0.05, 0) is 85.5 Å². The molecule has 0 spiro atoms. The number of nitrogens with two attached hydrogens (primary N) is 1. The Hall–Kier alpha value is -2.43. The van der Waals surface area contributed by atoms with E-state index in [1.54, 1.807) is 12.1 Å². The van der Waals surface area contributed by atoms with Crippen molar-refractivity contribution in [2.75, 3.05) is 18.9 Å². The van der Waals surface area contributed by atoms with Crippen LogP contribution in [0.4, 0.5) is 23.7 Å². The Kier molecular flexibility index (Phi) is 6.52. The molecule has 1 atom stereocenters. The SMILES string of the molecule is CN(Cc1ccc(S(N)(=O)=NC(=O)Nc2c3c(cc4c2CCC4)CCC3)cc1)CC(F)(F)F. The van der Waals surface area contributed by atoms with Crippen molar-refractivity contribution in [1.82, 2.24) is 4.90 Å². The summed E-state index contributed by atoms with van der Waals surface area (Å²) in [6, 6.07) is 7.45. The van der Waals surface area contributed by atoms with E-state index < -0.39 is 28.7 Å². The van der Waals surface area contributed by atoms with Crippen LogP contribution in [0.25, 0.3) is 0 Å². The summed E-state index contributed by atoms with van der Waals surface area (Å²) in [7, 11) is -2.15. The van der Waals surface area contributed by atoms with Gasteiger partial charge >= 0.3 is 12.2 Å². The van der Waals surface area contributed by atoms with E-state index in [1.807, 2.05) is 0 Å². The van der Waals surface area contributed by atoms with Gasteiger partial charge in [0.2, 0.25) is 0 Å². The van der Waals surface area contributed by atoms with E-state index in [4.69, 9.17) is 5.14 Å². The Balaban J connectivity index is 1.50. The Morgan fingerprint density at radius 2 is 1.67 bits per heavy atom. The molecular weight excluding hydrogens is 453 g/mol. The first-order chi connectivity index (χ1) is 15.5. The summed E-state index contributed by atoms with van der Waals surface area (Å²) in [5.41, 5.74) is 6.17. The van der Waals surface area contributed by atoms with Gasteiger partial charge in [-0.2, -0.15) is 13.2 Å². The summed E-state index contributed by atoms with van der Waals surface area (Å²) in [6.45, 7) is -0.974. The molecule has 0 radical (unpaired) electrons. The number of hydrogen-bond donors (Lipinski definition) is 2.